The molecule has 3 aromatic rings. The fraction of sp³-hybridized carbons (Fsp3) is 0.167. The van der Waals surface area contributed by atoms with Crippen molar-refractivity contribution >= 4 is 34.0 Å². The highest BCUT2D eigenvalue weighted by Gasteiger charge is 2.20. The van der Waals surface area contributed by atoms with E-state index in [0.29, 0.717) is 39.4 Å². The van der Waals surface area contributed by atoms with E-state index in [2.05, 4.69) is 9.97 Å². The molecule has 6 nitrogen and oxygen atoms in total. The number of aromatic nitrogens is 2. The third kappa shape index (κ3) is 2.96. The van der Waals surface area contributed by atoms with Gasteiger partial charge in [-0.05, 0) is 36.8 Å². The van der Waals surface area contributed by atoms with Gasteiger partial charge < -0.3 is 10.5 Å². The Labute approximate surface area is 144 Å². The maximum Gasteiger partial charge on any atom is 0.229 e. The molecule has 0 fully saturated rings. The zero-order valence-electron chi connectivity index (χ0n) is 14.1. The lowest BCUT2D eigenvalue weighted by molar-refractivity contribution is -0.115. The molecule has 7 heteroatoms. The van der Waals surface area contributed by atoms with Gasteiger partial charge in [0.25, 0.3) is 0 Å². The number of hydrogen-bond donors (Lipinski definition) is 1. The Hall–Kier alpha value is -3.22. The average Bonchev–Trinajstić information content (AvgIpc) is 2.58. The first kappa shape index (κ1) is 16.6. The lowest BCUT2D eigenvalue weighted by Gasteiger charge is -2.22. The topological polar surface area (TPSA) is 81.3 Å². The molecule has 0 aliphatic carbocycles. The van der Waals surface area contributed by atoms with Crippen LogP contribution in [-0.4, -0.2) is 23.0 Å². The van der Waals surface area contributed by atoms with Crippen molar-refractivity contribution in [3.05, 3.63) is 48.0 Å². The highest BCUT2D eigenvalue weighted by molar-refractivity contribution is 6.06. The fourth-order valence-corrected chi connectivity index (χ4v) is 2.66. The number of rotatable bonds is 3. The number of fused-ring (bicyclic) bond motifs is 1. The Morgan fingerprint density at radius 2 is 2.00 bits per heavy atom. The van der Waals surface area contributed by atoms with Gasteiger partial charge in [-0.1, -0.05) is 0 Å². The number of carbonyl (C=O) groups excluding carboxylic acids is 1. The van der Waals surface area contributed by atoms with Gasteiger partial charge in [0, 0.05) is 18.4 Å². The van der Waals surface area contributed by atoms with Gasteiger partial charge in [-0.25, -0.2) is 14.4 Å². The van der Waals surface area contributed by atoms with Gasteiger partial charge in [-0.2, -0.15) is 0 Å². The quantitative estimate of drug-likeness (QED) is 0.740. The van der Waals surface area contributed by atoms with Crippen LogP contribution < -0.4 is 15.4 Å². The van der Waals surface area contributed by atoms with Gasteiger partial charge >= 0.3 is 0 Å². The SMILES string of the molecule is COc1cc2ncnc(N(C(C)=O)c3ccc(F)c(C)c3)c2cc1N. The largest absolute Gasteiger partial charge is 0.495 e. The van der Waals surface area contributed by atoms with Crippen LogP contribution in [0.4, 0.5) is 21.6 Å². The predicted molar refractivity (Wildman–Crippen MR) is 94.5 cm³/mol. The zero-order chi connectivity index (χ0) is 18.1. The summed E-state index contributed by atoms with van der Waals surface area (Å²) in [6.07, 6.45) is 1.36. The molecule has 0 unspecified atom stereocenters. The molecule has 1 heterocycles. The Morgan fingerprint density at radius 3 is 2.64 bits per heavy atom. The number of methoxy groups -OCH3 is 1. The van der Waals surface area contributed by atoms with Crippen LogP contribution in [0.5, 0.6) is 5.75 Å². The van der Waals surface area contributed by atoms with Crippen molar-refractivity contribution in [2.75, 3.05) is 17.7 Å². The summed E-state index contributed by atoms with van der Waals surface area (Å²) in [5.74, 6) is 0.260. The molecule has 1 amide bonds. The zero-order valence-corrected chi connectivity index (χ0v) is 14.1. The van der Waals surface area contributed by atoms with Crippen LogP contribution in [0.15, 0.2) is 36.7 Å². The Kier molecular flexibility index (Phi) is 4.22. The van der Waals surface area contributed by atoms with Gasteiger partial charge in [0.1, 0.15) is 17.9 Å². The highest BCUT2D eigenvalue weighted by Crippen LogP contribution is 2.34. The molecule has 2 aromatic carbocycles. The van der Waals surface area contributed by atoms with Crippen molar-refractivity contribution in [2.24, 2.45) is 0 Å². The van der Waals surface area contributed by atoms with Crippen molar-refractivity contribution in [1.82, 2.24) is 9.97 Å². The summed E-state index contributed by atoms with van der Waals surface area (Å²) in [4.78, 5) is 22.2. The third-order valence-corrected chi connectivity index (χ3v) is 3.89. The first-order valence-corrected chi connectivity index (χ1v) is 7.57. The molecular formula is C18H17FN4O2. The normalized spacial score (nSPS) is 10.7. The molecule has 0 radical (unpaired) electrons. The van der Waals surface area contributed by atoms with Crippen molar-refractivity contribution < 1.29 is 13.9 Å². The van der Waals surface area contributed by atoms with Gasteiger partial charge in [0.05, 0.1) is 24.0 Å². The molecule has 3 rings (SSSR count). The molecule has 0 spiro atoms. The highest BCUT2D eigenvalue weighted by atomic mass is 19.1. The van der Waals surface area contributed by atoms with Crippen molar-refractivity contribution in [1.29, 1.82) is 0 Å². The monoisotopic (exact) mass is 340 g/mol. The number of anilines is 3. The van der Waals surface area contributed by atoms with Crippen LogP contribution >= 0.6 is 0 Å². The molecule has 1 aromatic heterocycles. The number of halogens is 1. The molecule has 0 saturated heterocycles. The summed E-state index contributed by atoms with van der Waals surface area (Å²) in [5, 5.41) is 0.595. The number of carbonyl (C=O) groups is 1. The summed E-state index contributed by atoms with van der Waals surface area (Å²) < 4.78 is 18.8. The minimum Gasteiger partial charge on any atom is -0.495 e. The molecule has 2 N–H and O–H groups in total. The van der Waals surface area contributed by atoms with Crippen molar-refractivity contribution in [3.8, 4) is 5.75 Å². The summed E-state index contributed by atoms with van der Waals surface area (Å²) in [5.41, 5.74) is 7.93. The number of amides is 1. The van der Waals surface area contributed by atoms with Crippen LogP contribution in [0.2, 0.25) is 0 Å². The van der Waals surface area contributed by atoms with Crippen molar-refractivity contribution in [2.45, 2.75) is 13.8 Å². The molecule has 0 atom stereocenters. The number of benzene rings is 2. The number of nitrogens with two attached hydrogens (primary N) is 1. The van der Waals surface area contributed by atoms with E-state index in [1.54, 1.807) is 25.1 Å². The third-order valence-electron chi connectivity index (χ3n) is 3.89. The van der Waals surface area contributed by atoms with Crippen LogP contribution in [0.25, 0.3) is 10.9 Å². The van der Waals surface area contributed by atoms with E-state index >= 15 is 0 Å². The van der Waals surface area contributed by atoms with E-state index in [0.717, 1.165) is 0 Å². The van der Waals surface area contributed by atoms with Crippen molar-refractivity contribution in [3.63, 3.8) is 0 Å². The fourth-order valence-electron chi connectivity index (χ4n) is 2.66. The van der Waals surface area contributed by atoms with Gasteiger partial charge in [0.2, 0.25) is 5.91 Å². The molecule has 25 heavy (non-hydrogen) atoms. The van der Waals surface area contributed by atoms with Crippen LogP contribution in [0.1, 0.15) is 12.5 Å². The second kappa shape index (κ2) is 6.35. The van der Waals surface area contributed by atoms with Crippen LogP contribution in [0.3, 0.4) is 0 Å². The van der Waals surface area contributed by atoms with E-state index in [1.165, 1.54) is 37.4 Å². The Bertz CT molecular complexity index is 975. The van der Waals surface area contributed by atoms with Gasteiger partial charge in [-0.3, -0.25) is 9.69 Å². The maximum atomic E-state index is 13.6. The second-order valence-electron chi connectivity index (χ2n) is 5.60. The first-order chi connectivity index (χ1) is 11.9. The predicted octanol–water partition coefficient (Wildman–Crippen LogP) is 3.35. The molecule has 0 saturated carbocycles. The van der Waals surface area contributed by atoms with Gasteiger partial charge in [0.15, 0.2) is 5.82 Å². The first-order valence-electron chi connectivity index (χ1n) is 7.57. The Morgan fingerprint density at radius 1 is 1.24 bits per heavy atom. The molecule has 128 valence electrons. The number of hydrogen-bond acceptors (Lipinski definition) is 5. The second-order valence-corrected chi connectivity index (χ2v) is 5.60. The minimum absolute atomic E-state index is 0.264. The van der Waals surface area contributed by atoms with Crippen LogP contribution in [0, 0.1) is 12.7 Å². The summed E-state index contributed by atoms with van der Waals surface area (Å²) in [6.45, 7) is 3.05. The summed E-state index contributed by atoms with van der Waals surface area (Å²) in [6, 6.07) is 7.80. The molecule has 0 bridgehead atoms. The number of ether oxygens (including phenoxy) is 1. The average molecular weight is 340 g/mol. The molecule has 0 aliphatic rings. The van der Waals surface area contributed by atoms with Gasteiger partial charge in [-0.15, -0.1) is 0 Å². The smallest absolute Gasteiger partial charge is 0.229 e. The van der Waals surface area contributed by atoms with E-state index in [4.69, 9.17) is 10.5 Å². The summed E-state index contributed by atoms with van der Waals surface area (Å²) in [7, 11) is 1.52. The molecule has 0 aliphatic heterocycles. The summed E-state index contributed by atoms with van der Waals surface area (Å²) >= 11 is 0. The standard InChI is InChI=1S/C18H17FN4O2/c1-10-6-12(4-5-14(10)19)23(11(2)24)18-13-7-15(20)17(25-3)8-16(13)21-9-22-18/h4-9H,20H2,1-3H3. The van der Waals surface area contributed by atoms with E-state index < -0.39 is 0 Å². The molecular weight excluding hydrogens is 323 g/mol. The lowest BCUT2D eigenvalue weighted by atomic mass is 10.1. The minimum atomic E-state index is -0.339. The number of nitrogen functional groups attached to an aromatic ring is 1. The van der Waals surface area contributed by atoms with E-state index in [1.807, 2.05) is 0 Å². The van der Waals surface area contributed by atoms with E-state index in [9.17, 15) is 9.18 Å². The number of nitrogens with zero attached hydrogens (tertiary/aromatic N) is 3. The lowest BCUT2D eigenvalue weighted by Crippen LogP contribution is -2.24. The van der Waals surface area contributed by atoms with Crippen LogP contribution in [-0.2, 0) is 4.79 Å². The maximum absolute atomic E-state index is 13.6. The Balaban J connectivity index is 2.25. The number of aryl methyl sites for hydroxylation is 1. The van der Waals surface area contributed by atoms with E-state index in [-0.39, 0.29) is 11.7 Å².